The van der Waals surface area contributed by atoms with Crippen molar-refractivity contribution in [2.75, 3.05) is 18.0 Å². The number of azo groups is 1. The van der Waals surface area contributed by atoms with Crippen LogP contribution < -0.4 is 26.4 Å². The highest BCUT2D eigenvalue weighted by molar-refractivity contribution is 7.15. The number of aromatic nitrogens is 3. The van der Waals surface area contributed by atoms with Gasteiger partial charge in [-0.15, -0.1) is 10.2 Å². The second-order valence-electron chi connectivity index (χ2n) is 6.58. The topological polar surface area (TPSA) is 49.7 Å². The molecule has 8 heteroatoms. The van der Waals surface area contributed by atoms with E-state index >= 15 is 0 Å². The van der Waals surface area contributed by atoms with Crippen LogP contribution in [0.3, 0.4) is 0 Å². The number of anilines is 1. The van der Waals surface area contributed by atoms with Crippen LogP contribution in [0.5, 0.6) is 0 Å². The van der Waals surface area contributed by atoms with Crippen LogP contribution in [0.25, 0.3) is 0 Å². The van der Waals surface area contributed by atoms with Gasteiger partial charge in [0.1, 0.15) is 18.9 Å². The summed E-state index contributed by atoms with van der Waals surface area (Å²) in [6.07, 6.45) is 4.23. The second kappa shape index (κ2) is 9.93. The Balaban J connectivity index is 0.00000280. The number of nitrogens with zero attached hydrogens (tertiary/aromatic N) is 6. The summed E-state index contributed by atoms with van der Waals surface area (Å²) in [4.78, 5) is 7.95. The number of likely N-dealkylation sites (N-methyl/N-ethyl adjacent to an activating group) is 1. The normalized spacial score (nSPS) is 11.0. The molecule has 1 aromatic carbocycles. The predicted molar refractivity (Wildman–Crippen MR) is 110 cm³/mol. The molecule has 0 atom stereocenters. The Morgan fingerprint density at radius 1 is 1.14 bits per heavy atom. The molecule has 0 N–H and O–H groups in total. The summed E-state index contributed by atoms with van der Waals surface area (Å²) in [5, 5.41) is 9.27. The fourth-order valence-electron chi connectivity index (χ4n) is 2.86. The van der Waals surface area contributed by atoms with E-state index in [0.29, 0.717) is 5.13 Å². The standard InChI is InChI=1S/C20H27N6S.BrH/c1-6-25(13-14-26-12-11-24(5)17(26)4)19-9-7-18(8-10-19)22-23-20-21-15(2)16(3)27-20;/h7-12H,6,13-14H2,1-5H3;1H/q+1;/p-1/b23-22+;. The van der Waals surface area contributed by atoms with Crippen molar-refractivity contribution < 1.29 is 21.5 Å². The average Bonchev–Trinajstić information content (AvgIpc) is 3.16. The summed E-state index contributed by atoms with van der Waals surface area (Å²) in [6.45, 7) is 11.3. The smallest absolute Gasteiger partial charge is 0.253 e. The minimum absolute atomic E-state index is 0. The summed E-state index contributed by atoms with van der Waals surface area (Å²) in [5.74, 6) is 1.26. The van der Waals surface area contributed by atoms with Crippen molar-refractivity contribution in [2.24, 2.45) is 17.3 Å². The van der Waals surface area contributed by atoms with Crippen molar-refractivity contribution >= 4 is 27.8 Å². The van der Waals surface area contributed by atoms with Crippen LogP contribution >= 0.6 is 11.3 Å². The molecule has 0 fully saturated rings. The molecule has 28 heavy (non-hydrogen) atoms. The maximum Gasteiger partial charge on any atom is 0.253 e. The van der Waals surface area contributed by atoms with Crippen molar-refractivity contribution in [3.8, 4) is 0 Å². The molecule has 150 valence electrons. The number of thiazole rings is 1. The van der Waals surface area contributed by atoms with E-state index in [0.717, 1.165) is 31.0 Å². The van der Waals surface area contributed by atoms with Gasteiger partial charge in [-0.05, 0) is 45.0 Å². The lowest BCUT2D eigenvalue weighted by Crippen LogP contribution is -3.00. The average molecular weight is 463 g/mol. The van der Waals surface area contributed by atoms with Gasteiger partial charge in [0.2, 0.25) is 5.13 Å². The fraction of sp³-hybridized carbons (Fsp3) is 0.400. The molecule has 3 aromatic rings. The molecule has 2 aromatic heterocycles. The fourth-order valence-corrected chi connectivity index (χ4v) is 3.59. The van der Waals surface area contributed by atoms with Crippen LogP contribution in [-0.4, -0.2) is 22.6 Å². The van der Waals surface area contributed by atoms with E-state index in [1.807, 2.05) is 19.1 Å². The highest BCUT2D eigenvalue weighted by atomic mass is 79.9. The van der Waals surface area contributed by atoms with E-state index in [1.54, 1.807) is 11.3 Å². The molecule has 0 amide bonds. The summed E-state index contributed by atoms with van der Waals surface area (Å²) >= 11 is 1.57. The molecule has 0 aliphatic rings. The van der Waals surface area contributed by atoms with Gasteiger partial charge in [-0.3, -0.25) is 0 Å². The molecule has 0 bridgehead atoms. The number of hydrogen-bond donors (Lipinski definition) is 0. The highest BCUT2D eigenvalue weighted by Gasteiger charge is 2.11. The van der Waals surface area contributed by atoms with E-state index < -0.39 is 0 Å². The van der Waals surface area contributed by atoms with Gasteiger partial charge >= 0.3 is 0 Å². The van der Waals surface area contributed by atoms with E-state index in [4.69, 9.17) is 0 Å². The summed E-state index contributed by atoms with van der Waals surface area (Å²) in [5.41, 5.74) is 3.06. The SMILES string of the molecule is CCN(CCn1cc[n+](C)c1C)c1ccc(/N=N/c2nc(C)c(C)s2)cc1.[Br-]. The quantitative estimate of drug-likeness (QED) is 0.395. The molecule has 0 unspecified atom stereocenters. The van der Waals surface area contributed by atoms with Gasteiger partial charge < -0.3 is 21.9 Å². The lowest BCUT2D eigenvalue weighted by atomic mass is 10.2. The zero-order chi connectivity index (χ0) is 19.4. The minimum atomic E-state index is 0. The number of benzene rings is 1. The third-order valence-electron chi connectivity index (χ3n) is 4.87. The van der Waals surface area contributed by atoms with Gasteiger partial charge in [0, 0.05) is 24.0 Å². The molecule has 2 heterocycles. The minimum Gasteiger partial charge on any atom is -1.00 e. The van der Waals surface area contributed by atoms with E-state index in [-0.39, 0.29) is 17.0 Å². The first-order valence-electron chi connectivity index (χ1n) is 9.20. The van der Waals surface area contributed by atoms with Crippen molar-refractivity contribution in [2.45, 2.75) is 34.2 Å². The van der Waals surface area contributed by atoms with Crippen molar-refractivity contribution in [1.29, 1.82) is 0 Å². The molecule has 6 nitrogen and oxygen atoms in total. The number of hydrogen-bond acceptors (Lipinski definition) is 5. The molecule has 3 rings (SSSR count). The maximum absolute atomic E-state index is 4.39. The maximum atomic E-state index is 4.39. The van der Waals surface area contributed by atoms with Crippen LogP contribution in [-0.2, 0) is 13.6 Å². The van der Waals surface area contributed by atoms with Gasteiger partial charge in [-0.2, -0.15) is 0 Å². The van der Waals surface area contributed by atoms with Gasteiger partial charge in [-0.25, -0.2) is 14.1 Å². The number of aryl methyl sites for hydroxylation is 3. The first kappa shape index (κ1) is 22.2. The molecular formula is C20H27BrN6S. The van der Waals surface area contributed by atoms with Gasteiger partial charge in [0.15, 0.2) is 0 Å². The van der Waals surface area contributed by atoms with Crippen molar-refractivity contribution in [1.82, 2.24) is 9.55 Å². The zero-order valence-corrected chi connectivity index (χ0v) is 19.5. The number of rotatable bonds is 7. The molecule has 0 spiro atoms. The highest BCUT2D eigenvalue weighted by Crippen LogP contribution is 2.27. The molecule has 0 aliphatic carbocycles. The summed E-state index contributed by atoms with van der Waals surface area (Å²) in [7, 11) is 2.07. The van der Waals surface area contributed by atoms with Crippen molar-refractivity contribution in [3.63, 3.8) is 0 Å². The Morgan fingerprint density at radius 3 is 2.39 bits per heavy atom. The Bertz CT molecular complexity index is 909. The lowest BCUT2D eigenvalue weighted by Gasteiger charge is -2.22. The van der Waals surface area contributed by atoms with E-state index in [1.165, 1.54) is 16.4 Å². The van der Waals surface area contributed by atoms with Gasteiger partial charge in [0.25, 0.3) is 5.82 Å². The molecule has 0 saturated carbocycles. The van der Waals surface area contributed by atoms with Gasteiger partial charge in [-0.1, -0.05) is 11.3 Å². The number of halogens is 1. The largest absolute Gasteiger partial charge is 1.00 e. The Kier molecular flexibility index (Phi) is 7.88. The van der Waals surface area contributed by atoms with Crippen LogP contribution in [0, 0.1) is 20.8 Å². The van der Waals surface area contributed by atoms with Crippen LogP contribution in [0.2, 0.25) is 0 Å². The first-order chi connectivity index (χ1) is 13.0. The summed E-state index contributed by atoms with van der Waals surface area (Å²) < 4.78 is 4.42. The van der Waals surface area contributed by atoms with Gasteiger partial charge in [0.05, 0.1) is 25.0 Å². The zero-order valence-electron chi connectivity index (χ0n) is 17.1. The Morgan fingerprint density at radius 2 is 1.86 bits per heavy atom. The number of imidazole rings is 1. The third-order valence-corrected chi connectivity index (χ3v) is 5.83. The first-order valence-corrected chi connectivity index (χ1v) is 10.0. The van der Waals surface area contributed by atoms with Crippen LogP contribution in [0.4, 0.5) is 16.5 Å². The molecular weight excluding hydrogens is 436 g/mol. The lowest BCUT2D eigenvalue weighted by molar-refractivity contribution is -0.677. The monoisotopic (exact) mass is 462 g/mol. The van der Waals surface area contributed by atoms with Crippen LogP contribution in [0.15, 0.2) is 46.9 Å². The molecule has 0 aliphatic heterocycles. The third kappa shape index (κ3) is 5.26. The van der Waals surface area contributed by atoms with Crippen LogP contribution in [0.1, 0.15) is 23.3 Å². The second-order valence-corrected chi connectivity index (χ2v) is 7.77. The summed E-state index contributed by atoms with van der Waals surface area (Å²) in [6, 6.07) is 8.24. The van der Waals surface area contributed by atoms with E-state index in [2.05, 4.69) is 81.6 Å². The van der Waals surface area contributed by atoms with E-state index in [9.17, 15) is 0 Å². The predicted octanol–water partition coefficient (Wildman–Crippen LogP) is 1.64. The molecule has 0 saturated heterocycles. The Hall–Kier alpha value is -2.06. The van der Waals surface area contributed by atoms with Crippen molar-refractivity contribution in [3.05, 3.63) is 53.1 Å². The molecule has 0 radical (unpaired) electrons. The Labute approximate surface area is 181 Å².